The Morgan fingerprint density at radius 2 is 2.38 bits per heavy atom. The summed E-state index contributed by atoms with van der Waals surface area (Å²) in [4.78, 5) is 5.11. The minimum Gasteiger partial charge on any atom is -0.264 e. The van der Waals surface area contributed by atoms with Crippen molar-refractivity contribution in [3.05, 3.63) is 41.5 Å². The summed E-state index contributed by atoms with van der Waals surface area (Å²) in [7, 11) is 0. The molecule has 2 aromatic rings. The van der Waals surface area contributed by atoms with E-state index < -0.39 is 0 Å². The lowest BCUT2D eigenvalue weighted by molar-refractivity contribution is 1.33. The molecule has 0 aliphatic heterocycles. The lowest BCUT2D eigenvalue weighted by atomic mass is 10.2. The van der Waals surface area contributed by atoms with E-state index in [4.69, 9.17) is 5.26 Å². The summed E-state index contributed by atoms with van der Waals surface area (Å²) in [6.07, 6.45) is 3.54. The molecule has 0 saturated carbocycles. The summed E-state index contributed by atoms with van der Waals surface area (Å²) in [5, 5.41) is 10.5. The molecule has 0 N–H and O–H groups in total. The Kier molecular flexibility index (Phi) is 2.07. The van der Waals surface area contributed by atoms with Crippen LogP contribution < -0.4 is 0 Å². The first-order valence-corrected chi connectivity index (χ1v) is 4.67. The van der Waals surface area contributed by atoms with Gasteiger partial charge in [0.1, 0.15) is 6.07 Å². The van der Waals surface area contributed by atoms with Crippen LogP contribution in [0.15, 0.2) is 36.0 Å². The van der Waals surface area contributed by atoms with E-state index in [2.05, 4.69) is 11.1 Å². The van der Waals surface area contributed by atoms with Crippen LogP contribution in [0.5, 0.6) is 0 Å². The Balaban J connectivity index is 2.43. The van der Waals surface area contributed by atoms with E-state index in [1.165, 1.54) is 0 Å². The van der Waals surface area contributed by atoms with Crippen LogP contribution in [0.3, 0.4) is 0 Å². The van der Waals surface area contributed by atoms with Crippen LogP contribution >= 0.6 is 11.3 Å². The first-order chi connectivity index (χ1) is 6.40. The highest BCUT2D eigenvalue weighted by atomic mass is 32.1. The van der Waals surface area contributed by atoms with Gasteiger partial charge < -0.3 is 0 Å². The SMILES string of the molecule is N#Cc1csc(-c2cccnc2)c1. The fourth-order valence-electron chi connectivity index (χ4n) is 1.05. The van der Waals surface area contributed by atoms with Crippen molar-refractivity contribution in [2.75, 3.05) is 0 Å². The average Bonchev–Trinajstić information content (AvgIpc) is 2.67. The minimum absolute atomic E-state index is 0.712. The van der Waals surface area contributed by atoms with Gasteiger partial charge >= 0.3 is 0 Å². The predicted octanol–water partition coefficient (Wildman–Crippen LogP) is 2.68. The molecule has 0 amide bonds. The molecule has 0 unspecified atom stereocenters. The third-order valence-electron chi connectivity index (χ3n) is 1.67. The Morgan fingerprint density at radius 1 is 1.46 bits per heavy atom. The van der Waals surface area contributed by atoms with Gasteiger partial charge in [0.25, 0.3) is 0 Å². The predicted molar refractivity (Wildman–Crippen MR) is 52.3 cm³/mol. The zero-order chi connectivity index (χ0) is 9.10. The van der Waals surface area contributed by atoms with Gasteiger partial charge in [-0.25, -0.2) is 0 Å². The third-order valence-corrected chi connectivity index (χ3v) is 2.65. The number of hydrogen-bond acceptors (Lipinski definition) is 3. The van der Waals surface area contributed by atoms with Gasteiger partial charge in [0.05, 0.1) is 5.56 Å². The van der Waals surface area contributed by atoms with E-state index in [0.717, 1.165) is 10.4 Å². The van der Waals surface area contributed by atoms with Crippen LogP contribution in [-0.2, 0) is 0 Å². The number of pyridine rings is 1. The molecule has 0 fully saturated rings. The van der Waals surface area contributed by atoms with Gasteiger partial charge in [-0.05, 0) is 12.1 Å². The largest absolute Gasteiger partial charge is 0.264 e. The smallest absolute Gasteiger partial charge is 0.100 e. The topological polar surface area (TPSA) is 36.7 Å². The maximum absolute atomic E-state index is 8.64. The number of aromatic nitrogens is 1. The molecule has 0 spiro atoms. The number of nitriles is 1. The molecule has 0 atom stereocenters. The Morgan fingerprint density at radius 3 is 3.00 bits per heavy atom. The van der Waals surface area contributed by atoms with E-state index >= 15 is 0 Å². The normalized spacial score (nSPS) is 9.46. The Bertz CT molecular complexity index is 439. The zero-order valence-corrected chi connectivity index (χ0v) is 7.58. The van der Waals surface area contributed by atoms with E-state index in [9.17, 15) is 0 Å². The van der Waals surface area contributed by atoms with Crippen molar-refractivity contribution >= 4 is 11.3 Å². The second-order valence-electron chi connectivity index (χ2n) is 2.55. The van der Waals surface area contributed by atoms with Crippen LogP contribution in [0, 0.1) is 11.3 Å². The molecular formula is C10H6N2S. The lowest BCUT2D eigenvalue weighted by Gasteiger charge is -1.92. The second kappa shape index (κ2) is 3.38. The molecule has 0 bridgehead atoms. The van der Waals surface area contributed by atoms with Crippen LogP contribution in [0.1, 0.15) is 5.56 Å². The van der Waals surface area contributed by atoms with Crippen molar-refractivity contribution in [3.8, 4) is 16.5 Å². The number of nitrogens with zero attached hydrogens (tertiary/aromatic N) is 2. The molecule has 62 valence electrons. The maximum Gasteiger partial charge on any atom is 0.100 e. The quantitative estimate of drug-likeness (QED) is 0.686. The van der Waals surface area contributed by atoms with E-state index in [-0.39, 0.29) is 0 Å². The van der Waals surface area contributed by atoms with Crippen LogP contribution in [0.25, 0.3) is 10.4 Å². The molecule has 0 aliphatic carbocycles. The van der Waals surface area contributed by atoms with Gasteiger partial charge in [-0.1, -0.05) is 6.07 Å². The summed E-state index contributed by atoms with van der Waals surface area (Å²) in [6, 6.07) is 7.86. The highest BCUT2D eigenvalue weighted by molar-refractivity contribution is 7.13. The molecule has 2 heterocycles. The monoisotopic (exact) mass is 186 g/mol. The Labute approximate surface area is 80.1 Å². The standard InChI is InChI=1S/C10H6N2S/c11-5-8-4-10(13-7-8)9-2-1-3-12-6-9/h1-4,6-7H. The molecule has 0 aliphatic rings. The first kappa shape index (κ1) is 7.96. The second-order valence-corrected chi connectivity index (χ2v) is 3.46. The number of rotatable bonds is 1. The van der Waals surface area contributed by atoms with Crippen molar-refractivity contribution in [2.24, 2.45) is 0 Å². The number of thiophene rings is 1. The van der Waals surface area contributed by atoms with E-state index in [1.807, 2.05) is 23.6 Å². The minimum atomic E-state index is 0.712. The van der Waals surface area contributed by atoms with Crippen LogP contribution in [0.2, 0.25) is 0 Å². The van der Waals surface area contributed by atoms with Crippen molar-refractivity contribution in [2.45, 2.75) is 0 Å². The van der Waals surface area contributed by atoms with Crippen LogP contribution in [-0.4, -0.2) is 4.98 Å². The third kappa shape index (κ3) is 1.58. The molecule has 2 aromatic heterocycles. The average molecular weight is 186 g/mol. The van der Waals surface area contributed by atoms with Crippen molar-refractivity contribution in [1.82, 2.24) is 4.98 Å². The molecule has 13 heavy (non-hydrogen) atoms. The van der Waals surface area contributed by atoms with Gasteiger partial charge in [0, 0.05) is 28.2 Å². The maximum atomic E-state index is 8.64. The molecule has 0 saturated heterocycles. The Hall–Kier alpha value is -1.66. The highest BCUT2D eigenvalue weighted by Crippen LogP contribution is 2.25. The molecule has 0 aromatic carbocycles. The molecule has 2 nitrogen and oxygen atoms in total. The molecule has 0 radical (unpaired) electrons. The molecular weight excluding hydrogens is 180 g/mol. The molecule has 2 rings (SSSR count). The zero-order valence-electron chi connectivity index (χ0n) is 6.77. The van der Waals surface area contributed by atoms with Gasteiger partial charge in [-0.2, -0.15) is 5.26 Å². The van der Waals surface area contributed by atoms with Crippen LogP contribution in [0.4, 0.5) is 0 Å². The number of hydrogen-bond donors (Lipinski definition) is 0. The van der Waals surface area contributed by atoms with Gasteiger partial charge in [0.2, 0.25) is 0 Å². The van der Waals surface area contributed by atoms with Crippen molar-refractivity contribution in [3.63, 3.8) is 0 Å². The van der Waals surface area contributed by atoms with Crippen molar-refractivity contribution in [1.29, 1.82) is 5.26 Å². The lowest BCUT2D eigenvalue weighted by Crippen LogP contribution is -1.73. The summed E-state index contributed by atoms with van der Waals surface area (Å²) >= 11 is 1.56. The first-order valence-electron chi connectivity index (χ1n) is 3.79. The van der Waals surface area contributed by atoms with E-state index in [0.29, 0.717) is 5.56 Å². The van der Waals surface area contributed by atoms with E-state index in [1.54, 1.807) is 23.7 Å². The summed E-state index contributed by atoms with van der Waals surface area (Å²) in [5.74, 6) is 0. The van der Waals surface area contributed by atoms with Gasteiger partial charge in [0.15, 0.2) is 0 Å². The summed E-state index contributed by atoms with van der Waals surface area (Å²) in [6.45, 7) is 0. The summed E-state index contributed by atoms with van der Waals surface area (Å²) < 4.78 is 0. The fourth-order valence-corrected chi connectivity index (χ4v) is 1.88. The summed E-state index contributed by atoms with van der Waals surface area (Å²) in [5.41, 5.74) is 1.78. The van der Waals surface area contributed by atoms with Gasteiger partial charge in [-0.3, -0.25) is 4.98 Å². The van der Waals surface area contributed by atoms with Crippen molar-refractivity contribution < 1.29 is 0 Å². The van der Waals surface area contributed by atoms with Gasteiger partial charge in [-0.15, -0.1) is 11.3 Å². The highest BCUT2D eigenvalue weighted by Gasteiger charge is 2.00. The fraction of sp³-hybridized carbons (Fsp3) is 0. The molecule has 3 heteroatoms.